The number of rotatable bonds is 3. The van der Waals surface area contributed by atoms with Crippen LogP contribution in [0.25, 0.3) is 11.0 Å². The molecule has 0 atom stereocenters. The van der Waals surface area contributed by atoms with Crippen LogP contribution >= 0.6 is 22.6 Å². The fraction of sp³-hybridized carbons (Fsp3) is 0.571. The van der Waals surface area contributed by atoms with Crippen molar-refractivity contribution in [2.45, 2.75) is 37.8 Å². The summed E-state index contributed by atoms with van der Waals surface area (Å²) in [6.45, 7) is 0. The molecular formula is C14H19IN6O. The van der Waals surface area contributed by atoms with Crippen molar-refractivity contribution in [2.75, 3.05) is 14.1 Å². The van der Waals surface area contributed by atoms with Crippen molar-refractivity contribution in [3.63, 3.8) is 0 Å². The van der Waals surface area contributed by atoms with Crippen LogP contribution in [0.1, 0.15) is 31.7 Å². The highest BCUT2D eigenvalue weighted by molar-refractivity contribution is 14.1. The predicted molar refractivity (Wildman–Crippen MR) is 93.4 cm³/mol. The summed E-state index contributed by atoms with van der Waals surface area (Å²) in [6.07, 6.45) is 6.58. The fourth-order valence-corrected chi connectivity index (χ4v) is 3.46. The molecule has 2 aromatic heterocycles. The number of aliphatic hydroxyl groups excluding tert-OH is 1. The van der Waals surface area contributed by atoms with Crippen LogP contribution in [0.3, 0.4) is 0 Å². The largest absolute Gasteiger partial charge is 0.393 e. The molecule has 1 N–H and O–H groups in total. The lowest BCUT2D eigenvalue weighted by Crippen LogP contribution is -2.22. The van der Waals surface area contributed by atoms with Gasteiger partial charge >= 0.3 is 0 Å². The molecule has 2 heterocycles. The van der Waals surface area contributed by atoms with Crippen LogP contribution in [0.15, 0.2) is 11.3 Å². The Morgan fingerprint density at radius 2 is 2.05 bits per heavy atom. The van der Waals surface area contributed by atoms with E-state index in [4.69, 9.17) is 0 Å². The lowest BCUT2D eigenvalue weighted by atomic mass is 9.93. The molecular weight excluding hydrogens is 395 g/mol. The van der Waals surface area contributed by atoms with Crippen LogP contribution in [-0.4, -0.2) is 56.3 Å². The number of hydrogen-bond donors (Lipinski definition) is 1. The van der Waals surface area contributed by atoms with Crippen molar-refractivity contribution in [2.24, 2.45) is 4.99 Å². The van der Waals surface area contributed by atoms with E-state index in [0.717, 1.165) is 40.4 Å². The number of nitrogens with zero attached hydrogens (tertiary/aromatic N) is 6. The lowest BCUT2D eigenvalue weighted by Gasteiger charge is -2.25. The summed E-state index contributed by atoms with van der Waals surface area (Å²) in [7, 11) is 3.84. The summed E-state index contributed by atoms with van der Waals surface area (Å²) in [4.78, 5) is 15.0. The Bertz CT molecular complexity index is 690. The van der Waals surface area contributed by atoms with Gasteiger partial charge in [-0.05, 0) is 48.3 Å². The van der Waals surface area contributed by atoms with Crippen LogP contribution in [-0.2, 0) is 0 Å². The van der Waals surface area contributed by atoms with Crippen LogP contribution in [0.2, 0.25) is 0 Å². The molecule has 118 valence electrons. The van der Waals surface area contributed by atoms with Gasteiger partial charge < -0.3 is 10.0 Å². The fourth-order valence-electron chi connectivity index (χ4n) is 2.74. The summed E-state index contributed by atoms with van der Waals surface area (Å²) in [5.74, 6) is 0.644. The highest BCUT2D eigenvalue weighted by Gasteiger charge is 2.25. The normalized spacial score (nSPS) is 22.5. The van der Waals surface area contributed by atoms with E-state index in [1.165, 1.54) is 6.33 Å². The van der Waals surface area contributed by atoms with E-state index in [1.807, 2.05) is 23.7 Å². The molecule has 22 heavy (non-hydrogen) atoms. The number of aliphatic imine (C=N–C) groups is 1. The summed E-state index contributed by atoms with van der Waals surface area (Å²) in [6, 6.07) is 0.287. The number of fused-ring (bicyclic) bond motifs is 1. The molecule has 1 saturated carbocycles. The summed E-state index contributed by atoms with van der Waals surface area (Å²) < 4.78 is 2.85. The van der Waals surface area contributed by atoms with Crippen molar-refractivity contribution in [1.82, 2.24) is 24.6 Å². The van der Waals surface area contributed by atoms with Crippen LogP contribution < -0.4 is 0 Å². The quantitative estimate of drug-likeness (QED) is 0.473. The zero-order chi connectivity index (χ0) is 15.7. The molecule has 0 spiro atoms. The summed E-state index contributed by atoms with van der Waals surface area (Å²) >= 11 is 2.21. The van der Waals surface area contributed by atoms with Gasteiger partial charge in [0.25, 0.3) is 0 Å². The minimum atomic E-state index is -0.174. The van der Waals surface area contributed by atoms with Crippen molar-refractivity contribution in [3.8, 4) is 0 Å². The smallest absolute Gasteiger partial charge is 0.169 e. The maximum atomic E-state index is 9.68. The molecule has 0 amide bonds. The molecule has 1 aliphatic carbocycles. The van der Waals surface area contributed by atoms with Crippen molar-refractivity contribution in [3.05, 3.63) is 10.0 Å². The molecule has 3 rings (SSSR count). The van der Waals surface area contributed by atoms with Gasteiger partial charge in [0.05, 0.1) is 23.9 Å². The Hall–Kier alpha value is -1.29. The van der Waals surface area contributed by atoms with Gasteiger partial charge in [0.15, 0.2) is 11.5 Å². The molecule has 1 fully saturated rings. The van der Waals surface area contributed by atoms with Crippen molar-refractivity contribution in [1.29, 1.82) is 0 Å². The number of hydrogen-bond acceptors (Lipinski definition) is 5. The highest BCUT2D eigenvalue weighted by atomic mass is 127. The van der Waals surface area contributed by atoms with E-state index < -0.39 is 0 Å². The first kappa shape index (κ1) is 15.6. The monoisotopic (exact) mass is 414 g/mol. The maximum absolute atomic E-state index is 9.68. The molecule has 0 aliphatic heterocycles. The average molecular weight is 414 g/mol. The molecule has 0 unspecified atom stereocenters. The second-order valence-electron chi connectivity index (χ2n) is 5.80. The molecule has 2 aromatic rings. The Morgan fingerprint density at radius 1 is 1.32 bits per heavy atom. The second-order valence-corrected chi connectivity index (χ2v) is 6.82. The average Bonchev–Trinajstić information content (AvgIpc) is 2.84. The molecule has 8 heteroatoms. The third-order valence-electron chi connectivity index (χ3n) is 3.85. The first-order valence-electron chi connectivity index (χ1n) is 7.33. The van der Waals surface area contributed by atoms with Gasteiger partial charge in [-0.3, -0.25) is 0 Å². The van der Waals surface area contributed by atoms with Gasteiger partial charge in [-0.25, -0.2) is 19.6 Å². The first-order chi connectivity index (χ1) is 10.6. The third-order valence-corrected chi connectivity index (χ3v) is 4.60. The van der Waals surface area contributed by atoms with Gasteiger partial charge in [0, 0.05) is 14.1 Å². The van der Waals surface area contributed by atoms with E-state index in [0.29, 0.717) is 5.82 Å². The minimum Gasteiger partial charge on any atom is -0.393 e. The van der Waals surface area contributed by atoms with Gasteiger partial charge in [0.2, 0.25) is 0 Å². The summed E-state index contributed by atoms with van der Waals surface area (Å²) in [5.41, 5.74) is 0.826. The van der Waals surface area contributed by atoms with Crippen molar-refractivity contribution < 1.29 is 5.11 Å². The van der Waals surface area contributed by atoms with E-state index >= 15 is 0 Å². The Morgan fingerprint density at radius 3 is 2.73 bits per heavy atom. The van der Waals surface area contributed by atoms with Crippen LogP contribution in [0.4, 0.5) is 5.82 Å². The van der Waals surface area contributed by atoms with E-state index in [-0.39, 0.29) is 12.1 Å². The molecule has 0 bridgehead atoms. The number of aromatic nitrogens is 4. The predicted octanol–water partition coefficient (Wildman–Crippen LogP) is 2.13. The zero-order valence-corrected chi connectivity index (χ0v) is 14.8. The molecule has 1 aliphatic rings. The zero-order valence-electron chi connectivity index (χ0n) is 12.6. The van der Waals surface area contributed by atoms with E-state index in [2.05, 4.69) is 42.6 Å². The van der Waals surface area contributed by atoms with Crippen LogP contribution in [0.5, 0.6) is 0 Å². The highest BCUT2D eigenvalue weighted by Crippen LogP contribution is 2.33. The molecule has 0 aromatic carbocycles. The minimum absolute atomic E-state index is 0.174. The van der Waals surface area contributed by atoms with Gasteiger partial charge in [-0.1, -0.05) is 0 Å². The first-order valence-corrected chi connectivity index (χ1v) is 8.41. The topological polar surface area (TPSA) is 79.4 Å². The van der Waals surface area contributed by atoms with Gasteiger partial charge in [0.1, 0.15) is 10.0 Å². The van der Waals surface area contributed by atoms with E-state index in [9.17, 15) is 5.11 Å². The molecule has 0 radical (unpaired) electrons. The SMILES string of the molecule is CN(C)/C=N\c1ncnc2c1c(I)nn2C1CCC(O)CC1. The Labute approximate surface area is 142 Å². The second kappa shape index (κ2) is 6.45. The molecule has 0 saturated heterocycles. The summed E-state index contributed by atoms with van der Waals surface area (Å²) in [5, 5.41) is 15.2. The third kappa shape index (κ3) is 3.07. The van der Waals surface area contributed by atoms with Crippen molar-refractivity contribution >= 4 is 45.8 Å². The number of aliphatic hydroxyl groups is 1. The number of halogens is 1. The Kier molecular flexibility index (Phi) is 4.57. The standard InChI is InChI=1S/C14H19IN6O/c1-20(2)8-18-13-11-12(15)19-21(14(11)17-7-16-13)9-3-5-10(22)6-4-9/h7-10,22H,3-6H2,1-2H3/b18-8-. The molecule has 7 nitrogen and oxygen atoms in total. The lowest BCUT2D eigenvalue weighted by molar-refractivity contribution is 0.108. The Balaban J connectivity index is 2.01. The van der Waals surface area contributed by atoms with E-state index in [1.54, 1.807) is 6.34 Å². The van der Waals surface area contributed by atoms with Gasteiger partial charge in [-0.2, -0.15) is 5.10 Å². The van der Waals surface area contributed by atoms with Crippen LogP contribution in [0, 0.1) is 3.70 Å². The van der Waals surface area contributed by atoms with Gasteiger partial charge in [-0.15, -0.1) is 0 Å². The maximum Gasteiger partial charge on any atom is 0.169 e.